The highest BCUT2D eigenvalue weighted by atomic mass is 16.3. The molecule has 66 valence electrons. The molecule has 1 aromatic carbocycles. The summed E-state index contributed by atoms with van der Waals surface area (Å²) in [6.07, 6.45) is 0. The maximum atomic E-state index is 11.5. The Morgan fingerprint density at radius 2 is 2.00 bits per heavy atom. The summed E-state index contributed by atoms with van der Waals surface area (Å²) >= 11 is 0. The van der Waals surface area contributed by atoms with Gasteiger partial charge in [-0.05, 0) is 18.4 Å². The molecule has 2 rings (SSSR count). The molecule has 0 atom stereocenters. The SMILES string of the molecule is Cc1c([O-])c2ccccc2[nH]c1=O. The van der Waals surface area contributed by atoms with Crippen LogP contribution in [0.4, 0.5) is 0 Å². The molecule has 1 heterocycles. The van der Waals surface area contributed by atoms with Crippen molar-refractivity contribution in [2.45, 2.75) is 6.92 Å². The van der Waals surface area contributed by atoms with Crippen LogP contribution in [0.5, 0.6) is 5.75 Å². The predicted octanol–water partition coefficient (Wildman–Crippen LogP) is 0.910. The first kappa shape index (κ1) is 7.86. The molecule has 0 amide bonds. The molecule has 0 spiro atoms. The third-order valence-electron chi connectivity index (χ3n) is 2.10. The summed E-state index contributed by atoms with van der Waals surface area (Å²) in [5.41, 5.74) is 0.547. The van der Waals surface area contributed by atoms with Gasteiger partial charge in [-0.2, -0.15) is 0 Å². The van der Waals surface area contributed by atoms with Gasteiger partial charge in [-0.3, -0.25) is 4.79 Å². The van der Waals surface area contributed by atoms with Crippen LogP contribution in [-0.2, 0) is 0 Å². The van der Waals surface area contributed by atoms with E-state index in [-0.39, 0.29) is 16.9 Å². The van der Waals surface area contributed by atoms with E-state index in [1.807, 2.05) is 0 Å². The van der Waals surface area contributed by atoms with Gasteiger partial charge >= 0.3 is 0 Å². The van der Waals surface area contributed by atoms with E-state index in [0.717, 1.165) is 0 Å². The van der Waals surface area contributed by atoms with Gasteiger partial charge in [0.25, 0.3) is 5.56 Å². The monoisotopic (exact) mass is 174 g/mol. The lowest BCUT2D eigenvalue weighted by molar-refractivity contribution is -0.266. The summed E-state index contributed by atoms with van der Waals surface area (Å²) in [5.74, 6) is -0.181. The molecule has 0 bridgehead atoms. The van der Waals surface area contributed by atoms with Crippen molar-refractivity contribution < 1.29 is 5.11 Å². The zero-order chi connectivity index (χ0) is 9.42. The molecular formula is C10H8NO2-. The van der Waals surface area contributed by atoms with E-state index >= 15 is 0 Å². The van der Waals surface area contributed by atoms with Crippen LogP contribution in [0, 0.1) is 6.92 Å². The molecule has 0 aliphatic heterocycles. The third kappa shape index (κ3) is 1.09. The predicted molar refractivity (Wildman–Crippen MR) is 48.8 cm³/mol. The number of pyridine rings is 1. The Morgan fingerprint density at radius 1 is 1.31 bits per heavy atom. The topological polar surface area (TPSA) is 55.9 Å². The van der Waals surface area contributed by atoms with Crippen molar-refractivity contribution in [1.29, 1.82) is 0 Å². The number of hydrogen-bond donors (Lipinski definition) is 1. The van der Waals surface area contributed by atoms with Crippen molar-refractivity contribution in [3.05, 3.63) is 40.2 Å². The van der Waals surface area contributed by atoms with E-state index in [1.54, 1.807) is 24.3 Å². The van der Waals surface area contributed by atoms with E-state index in [0.29, 0.717) is 10.9 Å². The van der Waals surface area contributed by atoms with Gasteiger partial charge in [-0.25, -0.2) is 0 Å². The lowest BCUT2D eigenvalue weighted by Crippen LogP contribution is -2.12. The Balaban J connectivity index is 3.02. The molecule has 13 heavy (non-hydrogen) atoms. The molecule has 0 aliphatic rings. The fraction of sp³-hybridized carbons (Fsp3) is 0.100. The molecule has 3 heteroatoms. The van der Waals surface area contributed by atoms with Gasteiger partial charge in [0.05, 0.1) is 0 Å². The highest BCUT2D eigenvalue weighted by molar-refractivity contribution is 5.85. The largest absolute Gasteiger partial charge is 0.872 e. The first-order valence-electron chi connectivity index (χ1n) is 3.99. The zero-order valence-electron chi connectivity index (χ0n) is 7.13. The number of nitrogens with one attached hydrogen (secondary N) is 1. The number of aromatic amines is 1. The summed E-state index contributed by atoms with van der Waals surface area (Å²) in [5, 5.41) is 12.1. The number of H-pyrrole nitrogens is 1. The Bertz CT molecular complexity index is 514. The zero-order valence-corrected chi connectivity index (χ0v) is 7.13. The summed E-state index contributed by atoms with van der Waals surface area (Å²) in [4.78, 5) is 13.8. The smallest absolute Gasteiger partial charge is 0.250 e. The number of hydrogen-bond acceptors (Lipinski definition) is 2. The van der Waals surface area contributed by atoms with E-state index in [4.69, 9.17) is 0 Å². The van der Waals surface area contributed by atoms with E-state index in [2.05, 4.69) is 4.98 Å². The van der Waals surface area contributed by atoms with Crippen LogP contribution < -0.4 is 10.7 Å². The fourth-order valence-corrected chi connectivity index (χ4v) is 1.31. The minimum atomic E-state index is -0.302. The normalized spacial score (nSPS) is 10.5. The molecule has 0 aliphatic carbocycles. The van der Waals surface area contributed by atoms with Gasteiger partial charge < -0.3 is 10.1 Å². The van der Waals surface area contributed by atoms with Crippen LogP contribution in [0.25, 0.3) is 10.9 Å². The van der Waals surface area contributed by atoms with Crippen molar-refractivity contribution >= 4 is 10.9 Å². The Labute approximate surface area is 74.7 Å². The standard InChI is InChI=1S/C10H9NO2/c1-6-9(12)7-4-2-3-5-8(7)11-10(6)13/h2-5H,1H3,(H2,11,12,13)/p-1. The number of fused-ring (bicyclic) bond motifs is 1. The van der Waals surface area contributed by atoms with E-state index in [1.165, 1.54) is 6.92 Å². The van der Waals surface area contributed by atoms with Crippen LogP contribution in [0.1, 0.15) is 5.56 Å². The number of aromatic nitrogens is 1. The molecule has 0 radical (unpaired) electrons. The van der Waals surface area contributed by atoms with Crippen LogP contribution in [0.15, 0.2) is 29.1 Å². The van der Waals surface area contributed by atoms with Crippen molar-refractivity contribution in [1.82, 2.24) is 4.98 Å². The highest BCUT2D eigenvalue weighted by Crippen LogP contribution is 2.20. The van der Waals surface area contributed by atoms with Crippen molar-refractivity contribution in [2.75, 3.05) is 0 Å². The summed E-state index contributed by atoms with van der Waals surface area (Å²) in [7, 11) is 0. The highest BCUT2D eigenvalue weighted by Gasteiger charge is 1.99. The summed E-state index contributed by atoms with van der Waals surface area (Å²) in [6, 6.07) is 6.99. The first-order chi connectivity index (χ1) is 6.20. The van der Waals surface area contributed by atoms with Gasteiger partial charge in [0.15, 0.2) is 0 Å². The Hall–Kier alpha value is -1.77. The average Bonchev–Trinajstić information content (AvgIpc) is 2.15. The molecule has 0 fully saturated rings. The van der Waals surface area contributed by atoms with E-state index in [9.17, 15) is 9.90 Å². The van der Waals surface area contributed by atoms with Crippen LogP contribution in [0.3, 0.4) is 0 Å². The first-order valence-corrected chi connectivity index (χ1v) is 3.99. The Morgan fingerprint density at radius 3 is 2.77 bits per heavy atom. The van der Waals surface area contributed by atoms with Gasteiger partial charge in [0, 0.05) is 11.1 Å². The minimum absolute atomic E-state index is 0.181. The molecule has 2 aromatic rings. The number of benzene rings is 1. The van der Waals surface area contributed by atoms with Crippen molar-refractivity contribution in [3.63, 3.8) is 0 Å². The molecule has 0 unspecified atom stereocenters. The molecule has 3 nitrogen and oxygen atoms in total. The Kier molecular flexibility index (Phi) is 1.59. The van der Waals surface area contributed by atoms with Gasteiger partial charge in [-0.1, -0.05) is 23.9 Å². The number of para-hydroxylation sites is 1. The second-order valence-electron chi connectivity index (χ2n) is 2.95. The van der Waals surface area contributed by atoms with Gasteiger partial charge in [0.2, 0.25) is 0 Å². The van der Waals surface area contributed by atoms with Crippen LogP contribution in [-0.4, -0.2) is 4.98 Å². The summed E-state index contributed by atoms with van der Waals surface area (Å²) < 4.78 is 0. The number of rotatable bonds is 0. The molecule has 1 N–H and O–H groups in total. The van der Waals surface area contributed by atoms with Gasteiger partial charge in [-0.15, -0.1) is 0 Å². The maximum Gasteiger partial charge on any atom is 0.250 e. The molecule has 0 saturated heterocycles. The quantitative estimate of drug-likeness (QED) is 0.645. The van der Waals surface area contributed by atoms with Crippen molar-refractivity contribution in [3.8, 4) is 5.75 Å². The lowest BCUT2D eigenvalue weighted by Gasteiger charge is -2.12. The third-order valence-corrected chi connectivity index (χ3v) is 2.10. The second kappa shape index (κ2) is 2.62. The lowest BCUT2D eigenvalue weighted by atomic mass is 10.1. The summed E-state index contributed by atoms with van der Waals surface area (Å²) in [6.45, 7) is 1.54. The molecular weight excluding hydrogens is 166 g/mol. The minimum Gasteiger partial charge on any atom is -0.872 e. The fourth-order valence-electron chi connectivity index (χ4n) is 1.31. The van der Waals surface area contributed by atoms with Crippen LogP contribution in [0.2, 0.25) is 0 Å². The van der Waals surface area contributed by atoms with Crippen molar-refractivity contribution in [2.24, 2.45) is 0 Å². The average molecular weight is 174 g/mol. The maximum absolute atomic E-state index is 11.5. The van der Waals surface area contributed by atoms with Gasteiger partial charge in [0.1, 0.15) is 0 Å². The molecule has 0 saturated carbocycles. The van der Waals surface area contributed by atoms with E-state index < -0.39 is 0 Å². The molecule has 1 aromatic heterocycles. The van der Waals surface area contributed by atoms with Crippen LogP contribution >= 0.6 is 0 Å². The second-order valence-corrected chi connectivity index (χ2v) is 2.95.